The molecule has 1 heterocycles. The van der Waals surface area contributed by atoms with Gasteiger partial charge < -0.3 is 9.47 Å². The van der Waals surface area contributed by atoms with Gasteiger partial charge in [-0.1, -0.05) is 18.2 Å². The van der Waals surface area contributed by atoms with E-state index in [1.807, 2.05) is 54.1 Å². The summed E-state index contributed by atoms with van der Waals surface area (Å²) in [6.45, 7) is 2.79. The Labute approximate surface area is 115 Å². The molecular weight excluding hydrogens is 292 g/mol. The molecule has 18 heavy (non-hydrogen) atoms. The number of hydrogen-bond donors (Lipinski definition) is 0. The minimum absolute atomic E-state index is 0.00579. The standard InChI is InChI=1S/C14H15BrN2O/c1-3-17-10-11(15)9-13(17)14(18)16(2)12-7-5-4-6-8-12/h4-10H,3H2,1-2H3. The molecule has 0 aliphatic rings. The van der Waals surface area contributed by atoms with Crippen LogP contribution in [0.5, 0.6) is 0 Å². The second-order valence-corrected chi connectivity index (χ2v) is 4.94. The van der Waals surface area contributed by atoms with Gasteiger partial charge in [0, 0.05) is 29.9 Å². The molecule has 3 nitrogen and oxygen atoms in total. The molecule has 1 aromatic carbocycles. The monoisotopic (exact) mass is 306 g/mol. The van der Waals surface area contributed by atoms with Crippen LogP contribution in [0.4, 0.5) is 5.69 Å². The van der Waals surface area contributed by atoms with Crippen LogP contribution in [0.15, 0.2) is 47.1 Å². The molecule has 0 bridgehead atoms. The summed E-state index contributed by atoms with van der Waals surface area (Å²) in [5.74, 6) is -0.00579. The molecule has 0 saturated heterocycles. The van der Waals surface area contributed by atoms with Gasteiger partial charge in [-0.3, -0.25) is 4.79 Å². The minimum Gasteiger partial charge on any atom is -0.343 e. The fourth-order valence-electron chi connectivity index (χ4n) is 1.86. The van der Waals surface area contributed by atoms with Crippen molar-refractivity contribution in [3.8, 4) is 0 Å². The third-order valence-corrected chi connectivity index (χ3v) is 3.30. The van der Waals surface area contributed by atoms with Crippen molar-refractivity contribution in [2.24, 2.45) is 0 Å². The maximum absolute atomic E-state index is 12.4. The van der Waals surface area contributed by atoms with Crippen LogP contribution in [-0.4, -0.2) is 17.5 Å². The Kier molecular flexibility index (Phi) is 3.87. The molecule has 0 radical (unpaired) electrons. The van der Waals surface area contributed by atoms with Crippen LogP contribution in [0.3, 0.4) is 0 Å². The van der Waals surface area contributed by atoms with E-state index in [0.717, 1.165) is 16.7 Å². The normalized spacial score (nSPS) is 10.4. The summed E-state index contributed by atoms with van der Waals surface area (Å²) in [6, 6.07) is 11.5. The smallest absolute Gasteiger partial charge is 0.274 e. The largest absolute Gasteiger partial charge is 0.343 e. The molecule has 4 heteroatoms. The number of benzene rings is 1. The van der Waals surface area contributed by atoms with Gasteiger partial charge in [-0.05, 0) is 41.1 Å². The van der Waals surface area contributed by atoms with Crippen molar-refractivity contribution in [3.63, 3.8) is 0 Å². The molecule has 1 amide bonds. The highest BCUT2D eigenvalue weighted by Crippen LogP contribution is 2.19. The van der Waals surface area contributed by atoms with Gasteiger partial charge in [0.15, 0.2) is 0 Å². The number of anilines is 1. The Morgan fingerprint density at radius 1 is 1.33 bits per heavy atom. The minimum atomic E-state index is -0.00579. The molecule has 94 valence electrons. The lowest BCUT2D eigenvalue weighted by Crippen LogP contribution is -2.28. The fourth-order valence-corrected chi connectivity index (χ4v) is 2.32. The van der Waals surface area contributed by atoms with E-state index in [1.165, 1.54) is 0 Å². The third-order valence-electron chi connectivity index (χ3n) is 2.87. The van der Waals surface area contributed by atoms with E-state index in [1.54, 1.807) is 11.9 Å². The first-order chi connectivity index (χ1) is 8.63. The molecule has 0 saturated carbocycles. The summed E-state index contributed by atoms with van der Waals surface area (Å²) in [4.78, 5) is 14.1. The van der Waals surface area contributed by atoms with Gasteiger partial charge in [-0.15, -0.1) is 0 Å². The van der Waals surface area contributed by atoms with Gasteiger partial charge >= 0.3 is 0 Å². The number of nitrogens with zero attached hydrogens (tertiary/aromatic N) is 2. The molecule has 2 rings (SSSR count). The average molecular weight is 307 g/mol. The van der Waals surface area contributed by atoms with Crippen LogP contribution in [0.25, 0.3) is 0 Å². The van der Waals surface area contributed by atoms with Crippen LogP contribution >= 0.6 is 15.9 Å². The second-order valence-electron chi connectivity index (χ2n) is 4.03. The van der Waals surface area contributed by atoms with Gasteiger partial charge in [0.2, 0.25) is 0 Å². The Hall–Kier alpha value is -1.55. The quantitative estimate of drug-likeness (QED) is 0.851. The first-order valence-electron chi connectivity index (χ1n) is 5.82. The summed E-state index contributed by atoms with van der Waals surface area (Å²) >= 11 is 3.41. The number of halogens is 1. The molecule has 0 fully saturated rings. The van der Waals surface area contributed by atoms with Crippen molar-refractivity contribution < 1.29 is 4.79 Å². The van der Waals surface area contributed by atoms with Gasteiger partial charge in [0.1, 0.15) is 5.69 Å². The Morgan fingerprint density at radius 2 is 2.00 bits per heavy atom. The summed E-state index contributed by atoms with van der Waals surface area (Å²) in [5.41, 5.74) is 1.58. The molecule has 0 spiro atoms. The maximum Gasteiger partial charge on any atom is 0.274 e. The van der Waals surface area contributed by atoms with Gasteiger partial charge in [-0.2, -0.15) is 0 Å². The van der Waals surface area contributed by atoms with Crippen LogP contribution in [0.2, 0.25) is 0 Å². The highest BCUT2D eigenvalue weighted by molar-refractivity contribution is 9.10. The maximum atomic E-state index is 12.4. The second kappa shape index (κ2) is 5.40. The van der Waals surface area contributed by atoms with Crippen molar-refractivity contribution in [2.75, 3.05) is 11.9 Å². The zero-order valence-electron chi connectivity index (χ0n) is 10.4. The molecule has 0 unspecified atom stereocenters. The number of carbonyl (C=O) groups is 1. The summed E-state index contributed by atoms with van der Waals surface area (Å²) in [5, 5.41) is 0. The zero-order chi connectivity index (χ0) is 13.1. The lowest BCUT2D eigenvalue weighted by molar-refractivity contribution is 0.0984. The van der Waals surface area contributed by atoms with E-state index >= 15 is 0 Å². The zero-order valence-corrected chi connectivity index (χ0v) is 12.0. The van der Waals surface area contributed by atoms with E-state index in [2.05, 4.69) is 15.9 Å². The number of para-hydroxylation sites is 1. The van der Waals surface area contributed by atoms with Crippen molar-refractivity contribution in [1.29, 1.82) is 0 Å². The van der Waals surface area contributed by atoms with Crippen molar-refractivity contribution in [3.05, 3.63) is 52.8 Å². The number of amides is 1. The molecule has 0 atom stereocenters. The Morgan fingerprint density at radius 3 is 2.61 bits per heavy atom. The molecular formula is C14H15BrN2O. The predicted molar refractivity (Wildman–Crippen MR) is 77.0 cm³/mol. The number of hydrogen-bond acceptors (Lipinski definition) is 1. The molecule has 0 aliphatic heterocycles. The summed E-state index contributed by atoms with van der Waals surface area (Å²) in [6.07, 6.45) is 1.92. The van der Waals surface area contributed by atoms with Crippen LogP contribution in [-0.2, 0) is 6.54 Å². The van der Waals surface area contributed by atoms with Crippen LogP contribution in [0.1, 0.15) is 17.4 Å². The SMILES string of the molecule is CCn1cc(Br)cc1C(=O)N(C)c1ccccc1. The van der Waals surface area contributed by atoms with Gasteiger partial charge in [0.25, 0.3) is 5.91 Å². The van der Waals surface area contributed by atoms with Crippen molar-refractivity contribution in [2.45, 2.75) is 13.5 Å². The molecule has 0 aliphatic carbocycles. The van der Waals surface area contributed by atoms with Crippen LogP contribution < -0.4 is 4.90 Å². The van der Waals surface area contributed by atoms with E-state index in [-0.39, 0.29) is 5.91 Å². The average Bonchev–Trinajstić information content (AvgIpc) is 2.79. The molecule has 2 aromatic rings. The van der Waals surface area contributed by atoms with Crippen molar-refractivity contribution >= 4 is 27.5 Å². The van der Waals surface area contributed by atoms with E-state index < -0.39 is 0 Å². The highest BCUT2D eigenvalue weighted by Gasteiger charge is 2.17. The highest BCUT2D eigenvalue weighted by atomic mass is 79.9. The lowest BCUT2D eigenvalue weighted by atomic mass is 10.2. The molecule has 1 aromatic heterocycles. The first kappa shape index (κ1) is 12.9. The van der Waals surface area contributed by atoms with E-state index in [0.29, 0.717) is 5.69 Å². The van der Waals surface area contributed by atoms with Gasteiger partial charge in [-0.25, -0.2) is 0 Å². The van der Waals surface area contributed by atoms with Crippen LogP contribution in [0, 0.1) is 0 Å². The topological polar surface area (TPSA) is 25.2 Å². The Bertz CT molecular complexity index is 548. The van der Waals surface area contributed by atoms with Gasteiger partial charge in [0.05, 0.1) is 0 Å². The Balaban J connectivity index is 2.31. The summed E-state index contributed by atoms with van der Waals surface area (Å²) < 4.78 is 2.86. The van der Waals surface area contributed by atoms with E-state index in [9.17, 15) is 4.79 Å². The lowest BCUT2D eigenvalue weighted by Gasteiger charge is -2.18. The summed E-state index contributed by atoms with van der Waals surface area (Å²) in [7, 11) is 1.79. The number of rotatable bonds is 3. The third kappa shape index (κ3) is 2.48. The molecule has 0 N–H and O–H groups in total. The van der Waals surface area contributed by atoms with E-state index in [4.69, 9.17) is 0 Å². The number of carbonyl (C=O) groups excluding carboxylic acids is 1. The fraction of sp³-hybridized carbons (Fsp3) is 0.214. The number of aromatic nitrogens is 1. The predicted octanol–water partition coefficient (Wildman–Crippen LogP) is 3.55. The van der Waals surface area contributed by atoms with Crippen molar-refractivity contribution in [1.82, 2.24) is 4.57 Å². The number of aryl methyl sites for hydroxylation is 1. The first-order valence-corrected chi connectivity index (χ1v) is 6.61.